The highest BCUT2D eigenvalue weighted by Crippen LogP contribution is 2.30. The average Bonchev–Trinajstić information content (AvgIpc) is 3.23. The summed E-state index contributed by atoms with van der Waals surface area (Å²) in [5.41, 5.74) is 2.53. The van der Waals surface area contributed by atoms with Crippen LogP contribution in [0.1, 0.15) is 34.1 Å². The first-order valence-electron chi connectivity index (χ1n) is 11.7. The predicted octanol–water partition coefficient (Wildman–Crippen LogP) is 5.07. The number of anilines is 1. The minimum absolute atomic E-state index is 0.0318. The van der Waals surface area contributed by atoms with Gasteiger partial charge in [-0.3, -0.25) is 4.79 Å². The van der Waals surface area contributed by atoms with Crippen molar-refractivity contribution in [3.8, 4) is 11.4 Å². The summed E-state index contributed by atoms with van der Waals surface area (Å²) in [5, 5.41) is 10.7. The molecule has 0 bridgehead atoms. The minimum atomic E-state index is -0.0318. The Bertz CT molecular complexity index is 1360. The summed E-state index contributed by atoms with van der Waals surface area (Å²) in [7, 11) is 0. The molecule has 1 atom stereocenters. The van der Waals surface area contributed by atoms with Gasteiger partial charge in [-0.2, -0.15) is 0 Å². The third-order valence-electron chi connectivity index (χ3n) is 6.24. The Hall–Kier alpha value is -3.19. The fourth-order valence-corrected chi connectivity index (χ4v) is 4.76. The Labute approximate surface area is 204 Å². The van der Waals surface area contributed by atoms with E-state index in [1.54, 1.807) is 0 Å². The summed E-state index contributed by atoms with van der Waals surface area (Å²) in [5.74, 6) is 1.72. The third-order valence-corrected chi connectivity index (χ3v) is 6.50. The number of rotatable bonds is 3. The largest absolute Gasteiger partial charge is 0.338 e. The molecular weight excluding hydrogens is 448 g/mol. The minimum Gasteiger partial charge on any atom is -0.338 e. The van der Waals surface area contributed by atoms with Gasteiger partial charge in [-0.25, -0.2) is 9.38 Å². The van der Waals surface area contributed by atoms with E-state index < -0.39 is 0 Å². The monoisotopic (exact) mass is 476 g/mol. The quantitative estimate of drug-likeness (QED) is 0.413. The van der Waals surface area contributed by atoms with Crippen LogP contribution in [0.5, 0.6) is 0 Å². The highest BCUT2D eigenvalue weighted by Gasteiger charge is 2.31. The molecule has 1 aliphatic rings. The molecule has 1 amide bonds. The number of benzene rings is 2. The van der Waals surface area contributed by atoms with Crippen LogP contribution in [-0.2, 0) is 4.79 Å². The van der Waals surface area contributed by atoms with Gasteiger partial charge in [-0.05, 0) is 48.7 Å². The van der Waals surface area contributed by atoms with Crippen molar-refractivity contribution in [2.24, 2.45) is 5.41 Å². The Morgan fingerprint density at radius 1 is 1.06 bits per heavy atom. The van der Waals surface area contributed by atoms with E-state index in [-0.39, 0.29) is 17.4 Å². The van der Waals surface area contributed by atoms with E-state index in [0.717, 1.165) is 33.9 Å². The third kappa shape index (κ3) is 4.20. The lowest BCUT2D eigenvalue weighted by Crippen LogP contribution is -2.55. The van der Waals surface area contributed by atoms with Crippen molar-refractivity contribution in [3.63, 3.8) is 0 Å². The number of nitrogens with zero attached hydrogens (tertiary/aromatic N) is 6. The maximum atomic E-state index is 12.9. The summed E-state index contributed by atoms with van der Waals surface area (Å²) in [6, 6.07) is 15.7. The predicted molar refractivity (Wildman–Crippen MR) is 136 cm³/mol. The topological polar surface area (TPSA) is 66.6 Å². The van der Waals surface area contributed by atoms with Gasteiger partial charge in [-0.1, -0.05) is 44.5 Å². The molecule has 7 nitrogen and oxygen atoms in total. The van der Waals surface area contributed by atoms with Gasteiger partial charge in [-0.15, -0.1) is 10.2 Å². The van der Waals surface area contributed by atoms with Gasteiger partial charge in [0.15, 0.2) is 11.5 Å². The molecule has 1 saturated heterocycles. The van der Waals surface area contributed by atoms with Crippen LogP contribution in [-0.4, -0.2) is 56.1 Å². The zero-order valence-corrected chi connectivity index (χ0v) is 20.8. The number of aromatic nitrogens is 4. The summed E-state index contributed by atoms with van der Waals surface area (Å²) >= 11 is 6.12. The fraction of sp³-hybridized carbons (Fsp3) is 0.385. The smallest absolute Gasteiger partial charge is 0.223 e. The van der Waals surface area contributed by atoms with E-state index >= 15 is 0 Å². The zero-order chi connectivity index (χ0) is 24.0. The molecule has 0 spiro atoms. The molecule has 1 aliphatic heterocycles. The molecule has 4 aromatic rings. The highest BCUT2D eigenvalue weighted by atomic mass is 35.5. The molecular formula is C26H29ClN6O. The van der Waals surface area contributed by atoms with Crippen LogP contribution in [0.3, 0.4) is 0 Å². The number of hydrogen-bond acceptors (Lipinski definition) is 5. The Kier molecular flexibility index (Phi) is 5.68. The zero-order valence-electron chi connectivity index (χ0n) is 20.0. The number of fused-ring (bicyclic) bond motifs is 3. The normalized spacial score (nSPS) is 17.0. The Balaban J connectivity index is 1.57. The standard InChI is InChI=1S/C26H29ClN6O/c1-17-16-31(13-14-32(17)22(34)15-26(2,3)4)25-28-21-8-6-5-7-20(21)24-30-29-23(33(24)25)18-9-11-19(27)12-10-18/h5-12,17H,13-16H2,1-4H3/t17-/m0/s1. The van der Waals surface area contributed by atoms with E-state index in [9.17, 15) is 4.79 Å². The van der Waals surface area contributed by atoms with Crippen LogP contribution in [0.25, 0.3) is 27.9 Å². The van der Waals surface area contributed by atoms with Crippen LogP contribution in [0.15, 0.2) is 48.5 Å². The van der Waals surface area contributed by atoms with Crippen LogP contribution in [0.2, 0.25) is 5.02 Å². The van der Waals surface area contributed by atoms with E-state index in [1.165, 1.54) is 0 Å². The molecule has 0 aliphatic carbocycles. The van der Waals surface area contributed by atoms with Gasteiger partial charge < -0.3 is 9.80 Å². The van der Waals surface area contributed by atoms with E-state index in [2.05, 4.69) is 42.8 Å². The van der Waals surface area contributed by atoms with Gasteiger partial charge in [0.2, 0.25) is 11.9 Å². The second kappa shape index (κ2) is 8.55. The number of para-hydroxylation sites is 1. The van der Waals surface area contributed by atoms with Crippen LogP contribution in [0, 0.1) is 5.41 Å². The van der Waals surface area contributed by atoms with E-state index in [1.807, 2.05) is 57.8 Å². The van der Waals surface area contributed by atoms with Gasteiger partial charge in [0.25, 0.3) is 0 Å². The summed E-state index contributed by atoms with van der Waals surface area (Å²) < 4.78 is 2.03. The molecule has 8 heteroatoms. The lowest BCUT2D eigenvalue weighted by molar-refractivity contribution is -0.135. The number of piperazine rings is 1. The van der Waals surface area contributed by atoms with Crippen LogP contribution in [0.4, 0.5) is 5.95 Å². The average molecular weight is 477 g/mol. The molecule has 176 valence electrons. The van der Waals surface area contributed by atoms with Crippen LogP contribution >= 0.6 is 11.6 Å². The summed E-state index contributed by atoms with van der Waals surface area (Å²) in [6.07, 6.45) is 0.544. The first-order valence-corrected chi connectivity index (χ1v) is 12.0. The van der Waals surface area contributed by atoms with Crippen molar-refractivity contribution in [2.45, 2.75) is 40.2 Å². The van der Waals surface area contributed by atoms with Gasteiger partial charge >= 0.3 is 0 Å². The van der Waals surface area contributed by atoms with Crippen molar-refractivity contribution in [3.05, 3.63) is 53.6 Å². The highest BCUT2D eigenvalue weighted by molar-refractivity contribution is 6.30. The molecule has 1 fully saturated rings. The number of carbonyl (C=O) groups is 1. The Morgan fingerprint density at radius 3 is 2.50 bits per heavy atom. The maximum Gasteiger partial charge on any atom is 0.223 e. The SMILES string of the molecule is C[C@H]1CN(c2nc3ccccc3c3nnc(-c4ccc(Cl)cc4)n23)CCN1C(=O)CC(C)(C)C. The molecule has 0 N–H and O–H groups in total. The first-order chi connectivity index (χ1) is 16.2. The number of amides is 1. The van der Waals surface area contributed by atoms with Crippen molar-refractivity contribution >= 4 is 40.0 Å². The molecule has 34 heavy (non-hydrogen) atoms. The summed E-state index contributed by atoms with van der Waals surface area (Å²) in [4.78, 5) is 22.2. The molecule has 2 aromatic heterocycles. The van der Waals surface area contributed by atoms with Gasteiger partial charge in [0.05, 0.1) is 5.52 Å². The lowest BCUT2D eigenvalue weighted by Gasteiger charge is -2.41. The maximum absolute atomic E-state index is 12.9. The number of halogens is 1. The van der Waals surface area contributed by atoms with Gasteiger partial charge in [0, 0.05) is 48.1 Å². The Morgan fingerprint density at radius 2 is 1.79 bits per heavy atom. The fourth-order valence-electron chi connectivity index (χ4n) is 4.63. The lowest BCUT2D eigenvalue weighted by atomic mass is 9.91. The molecule has 0 saturated carbocycles. The molecule has 5 rings (SSSR count). The van der Waals surface area contributed by atoms with Crippen molar-refractivity contribution in [2.75, 3.05) is 24.5 Å². The second-order valence-electron chi connectivity index (χ2n) is 10.2. The second-order valence-corrected chi connectivity index (χ2v) is 10.7. The van der Waals surface area contributed by atoms with Crippen molar-refractivity contribution < 1.29 is 4.79 Å². The van der Waals surface area contributed by atoms with Crippen molar-refractivity contribution in [1.29, 1.82) is 0 Å². The van der Waals surface area contributed by atoms with Crippen LogP contribution < -0.4 is 4.90 Å². The molecule has 0 radical (unpaired) electrons. The molecule has 3 heterocycles. The first kappa shape index (κ1) is 22.6. The summed E-state index contributed by atoms with van der Waals surface area (Å²) in [6.45, 7) is 10.5. The van der Waals surface area contributed by atoms with Crippen molar-refractivity contribution in [1.82, 2.24) is 24.5 Å². The number of hydrogen-bond donors (Lipinski definition) is 0. The van der Waals surface area contributed by atoms with Gasteiger partial charge in [0.1, 0.15) is 0 Å². The molecule has 2 aromatic carbocycles. The molecule has 0 unspecified atom stereocenters. The number of carbonyl (C=O) groups excluding carboxylic acids is 1. The van der Waals surface area contributed by atoms with E-state index in [4.69, 9.17) is 16.6 Å². The van der Waals surface area contributed by atoms with E-state index in [0.29, 0.717) is 31.1 Å².